The van der Waals surface area contributed by atoms with Crippen LogP contribution in [-0.4, -0.2) is 29.5 Å². The van der Waals surface area contributed by atoms with E-state index in [2.05, 4.69) is 15.7 Å². The summed E-state index contributed by atoms with van der Waals surface area (Å²) in [6, 6.07) is 9.75. The predicted octanol–water partition coefficient (Wildman–Crippen LogP) is 1.91. The topological polar surface area (TPSA) is 98.1 Å². The Kier molecular flexibility index (Phi) is 4.18. The molecule has 0 aliphatic carbocycles. The van der Waals surface area contributed by atoms with Gasteiger partial charge in [0, 0.05) is 16.3 Å². The summed E-state index contributed by atoms with van der Waals surface area (Å²) in [5.74, 6) is -0.412. The van der Waals surface area contributed by atoms with Gasteiger partial charge < -0.3 is 15.5 Å². The maximum absolute atomic E-state index is 11.6. The highest BCUT2D eigenvalue weighted by Gasteiger charge is 2.13. The fraction of sp³-hybridized carbons (Fsp3) is 0.133. The smallest absolute Gasteiger partial charge is 0.356 e. The number of hydrogen-bond donors (Lipinski definition) is 2. The van der Waals surface area contributed by atoms with Gasteiger partial charge in [0.1, 0.15) is 5.69 Å². The zero-order valence-corrected chi connectivity index (χ0v) is 11.7. The molecule has 0 fully saturated rings. The van der Waals surface area contributed by atoms with E-state index >= 15 is 0 Å². The molecule has 0 radical (unpaired) electrons. The fourth-order valence-electron chi connectivity index (χ4n) is 2.21. The average Bonchev–Trinajstić information content (AvgIpc) is 2.87. The van der Waals surface area contributed by atoms with Crippen LogP contribution in [0.1, 0.15) is 16.2 Å². The van der Waals surface area contributed by atoms with Crippen LogP contribution in [0.5, 0.6) is 0 Å². The summed E-state index contributed by atoms with van der Waals surface area (Å²) >= 11 is 0. The molecule has 2 aromatic heterocycles. The van der Waals surface area contributed by atoms with Crippen molar-refractivity contribution in [2.24, 2.45) is 5.73 Å². The zero-order valence-electron chi connectivity index (χ0n) is 11.7. The van der Waals surface area contributed by atoms with Gasteiger partial charge in [-0.3, -0.25) is 4.79 Å². The number of carbonyl (C=O) groups excluding carboxylic acids is 2. The number of esters is 1. The van der Waals surface area contributed by atoms with Gasteiger partial charge in [-0.1, -0.05) is 18.2 Å². The van der Waals surface area contributed by atoms with Gasteiger partial charge in [-0.2, -0.15) is 0 Å². The van der Waals surface area contributed by atoms with E-state index in [9.17, 15) is 4.79 Å². The third-order valence-electron chi connectivity index (χ3n) is 3.07. The van der Waals surface area contributed by atoms with Gasteiger partial charge >= 0.3 is 5.97 Å². The number of benzene rings is 1. The Bertz CT molecular complexity index is 808. The first-order chi connectivity index (χ1) is 10.1. The lowest BCUT2D eigenvalue weighted by atomic mass is 10.1. The normalized spacial score (nSPS) is 10.0. The number of amides is 1. The molecule has 0 atom stereocenters. The molecule has 0 bridgehead atoms. The number of nitrogens with two attached hydrogens (primary N) is 1. The van der Waals surface area contributed by atoms with Gasteiger partial charge in [0.2, 0.25) is 6.41 Å². The molecular weight excluding hydrogens is 270 g/mol. The largest absolute Gasteiger partial charge is 0.464 e. The van der Waals surface area contributed by atoms with Crippen molar-refractivity contribution in [3.05, 3.63) is 41.7 Å². The summed E-state index contributed by atoms with van der Waals surface area (Å²) in [5, 5.41) is 2.08. The van der Waals surface area contributed by atoms with Crippen molar-refractivity contribution in [3.63, 3.8) is 0 Å². The lowest BCUT2D eigenvalue weighted by Gasteiger charge is -2.01. The Morgan fingerprint density at radius 1 is 1.33 bits per heavy atom. The summed E-state index contributed by atoms with van der Waals surface area (Å²) in [7, 11) is 1.36. The predicted molar refractivity (Wildman–Crippen MR) is 79.9 cm³/mol. The number of para-hydroxylation sites is 1. The van der Waals surface area contributed by atoms with Crippen molar-refractivity contribution < 1.29 is 14.3 Å². The van der Waals surface area contributed by atoms with E-state index in [1.165, 1.54) is 7.11 Å². The number of pyridine rings is 1. The molecule has 6 heteroatoms. The third-order valence-corrected chi connectivity index (χ3v) is 3.07. The van der Waals surface area contributed by atoms with Gasteiger partial charge in [-0.15, -0.1) is 0 Å². The van der Waals surface area contributed by atoms with Crippen LogP contribution in [0.4, 0.5) is 0 Å². The molecule has 1 aromatic carbocycles. The zero-order chi connectivity index (χ0) is 15.4. The molecule has 0 spiro atoms. The highest BCUT2D eigenvalue weighted by molar-refractivity contribution is 6.09. The number of aryl methyl sites for hydroxylation is 1. The minimum absolute atomic E-state index is 0.250. The van der Waals surface area contributed by atoms with E-state index in [-0.39, 0.29) is 6.41 Å². The fourth-order valence-corrected chi connectivity index (χ4v) is 2.21. The van der Waals surface area contributed by atoms with Crippen LogP contribution in [0.25, 0.3) is 21.8 Å². The number of rotatable bonds is 1. The number of ether oxygens (including phenoxy) is 1. The van der Waals surface area contributed by atoms with Crippen molar-refractivity contribution >= 4 is 34.2 Å². The number of H-pyrrole nitrogens is 1. The van der Waals surface area contributed by atoms with Crippen LogP contribution in [0, 0.1) is 6.92 Å². The number of hydrogen-bond acceptors (Lipinski definition) is 4. The molecule has 2 heterocycles. The Morgan fingerprint density at radius 2 is 2.00 bits per heavy atom. The molecule has 0 saturated carbocycles. The van der Waals surface area contributed by atoms with Gasteiger partial charge in [0.25, 0.3) is 0 Å². The van der Waals surface area contributed by atoms with Crippen LogP contribution in [-0.2, 0) is 9.53 Å². The first-order valence-electron chi connectivity index (χ1n) is 6.24. The third kappa shape index (κ3) is 2.69. The summed E-state index contributed by atoms with van der Waals surface area (Å²) in [4.78, 5) is 27.7. The maximum atomic E-state index is 11.6. The van der Waals surface area contributed by atoms with Crippen molar-refractivity contribution in [2.75, 3.05) is 7.11 Å². The molecule has 21 heavy (non-hydrogen) atoms. The van der Waals surface area contributed by atoms with Gasteiger partial charge in [0.15, 0.2) is 0 Å². The van der Waals surface area contributed by atoms with E-state index in [0.717, 1.165) is 27.5 Å². The first kappa shape index (κ1) is 14.5. The van der Waals surface area contributed by atoms with Crippen molar-refractivity contribution in [2.45, 2.75) is 6.92 Å². The Hall–Kier alpha value is -2.89. The van der Waals surface area contributed by atoms with Crippen molar-refractivity contribution in [1.29, 1.82) is 0 Å². The molecule has 0 unspecified atom stereocenters. The monoisotopic (exact) mass is 285 g/mol. The van der Waals surface area contributed by atoms with E-state index < -0.39 is 5.97 Å². The minimum Gasteiger partial charge on any atom is -0.464 e. The lowest BCUT2D eigenvalue weighted by molar-refractivity contribution is -0.106. The summed E-state index contributed by atoms with van der Waals surface area (Å²) in [5.41, 5.74) is 7.31. The van der Waals surface area contributed by atoms with E-state index in [0.29, 0.717) is 5.69 Å². The SMILES string of the molecule is COC(=O)c1cc2c([nH]c3ccccc32)c(C)n1.NC=O. The number of aromatic amines is 1. The molecule has 3 N–H and O–H groups in total. The number of nitrogens with zero attached hydrogens (tertiary/aromatic N) is 1. The van der Waals surface area contributed by atoms with Gasteiger partial charge in [0.05, 0.1) is 18.3 Å². The first-order valence-corrected chi connectivity index (χ1v) is 6.24. The molecular formula is C15H15N3O3. The summed E-state index contributed by atoms with van der Waals surface area (Å²) < 4.78 is 4.72. The number of nitrogens with one attached hydrogen (secondary N) is 1. The highest BCUT2D eigenvalue weighted by atomic mass is 16.5. The number of primary amides is 1. The lowest BCUT2D eigenvalue weighted by Crippen LogP contribution is -2.05. The number of fused-ring (bicyclic) bond motifs is 3. The molecule has 3 aromatic rings. The Labute approximate surface area is 120 Å². The number of carbonyl (C=O) groups is 2. The molecule has 108 valence electrons. The standard InChI is InChI=1S/C14H12N2O2.CH3NO/c1-8-13-10(7-12(15-8)14(17)18-2)9-5-3-4-6-11(9)16-13;2-1-3/h3-7,16H,1-2H3;1H,(H2,2,3). The second kappa shape index (κ2) is 6.04. The second-order valence-electron chi connectivity index (χ2n) is 4.31. The molecule has 0 aliphatic rings. The van der Waals surface area contributed by atoms with Crippen molar-refractivity contribution in [3.8, 4) is 0 Å². The van der Waals surface area contributed by atoms with Crippen LogP contribution in [0.3, 0.4) is 0 Å². The summed E-state index contributed by atoms with van der Waals surface area (Å²) in [6.07, 6.45) is 0.250. The minimum atomic E-state index is -0.412. The van der Waals surface area contributed by atoms with E-state index in [1.54, 1.807) is 6.07 Å². The van der Waals surface area contributed by atoms with Crippen LogP contribution < -0.4 is 5.73 Å². The van der Waals surface area contributed by atoms with E-state index in [1.807, 2.05) is 31.2 Å². The Morgan fingerprint density at radius 3 is 2.67 bits per heavy atom. The van der Waals surface area contributed by atoms with Crippen LogP contribution in [0.15, 0.2) is 30.3 Å². The van der Waals surface area contributed by atoms with Crippen LogP contribution >= 0.6 is 0 Å². The second-order valence-corrected chi connectivity index (χ2v) is 4.31. The molecule has 6 nitrogen and oxygen atoms in total. The average molecular weight is 285 g/mol. The Balaban J connectivity index is 0.000000497. The maximum Gasteiger partial charge on any atom is 0.356 e. The van der Waals surface area contributed by atoms with Gasteiger partial charge in [-0.05, 0) is 19.1 Å². The molecule has 0 saturated heterocycles. The van der Waals surface area contributed by atoms with Gasteiger partial charge in [-0.25, -0.2) is 9.78 Å². The van der Waals surface area contributed by atoms with Crippen LogP contribution in [0.2, 0.25) is 0 Å². The quantitative estimate of drug-likeness (QED) is 0.527. The molecule has 0 aliphatic heterocycles. The van der Waals surface area contributed by atoms with E-state index in [4.69, 9.17) is 9.53 Å². The summed E-state index contributed by atoms with van der Waals surface area (Å²) in [6.45, 7) is 1.88. The highest BCUT2D eigenvalue weighted by Crippen LogP contribution is 2.27. The molecule has 1 amide bonds. The number of methoxy groups -OCH3 is 1. The van der Waals surface area contributed by atoms with Crippen molar-refractivity contribution in [1.82, 2.24) is 9.97 Å². The molecule has 3 rings (SSSR count). The number of aromatic nitrogens is 2.